The molecule has 1 aromatic rings. The van der Waals surface area contributed by atoms with E-state index in [0.29, 0.717) is 11.8 Å². The zero-order chi connectivity index (χ0) is 14.4. The SMILES string of the molecule is CC1C2=C3C(=CCCC3C1Cl)C=CN(c1ccccc1)C2. The van der Waals surface area contributed by atoms with Gasteiger partial charge in [-0.1, -0.05) is 31.2 Å². The Balaban J connectivity index is 1.78. The highest BCUT2D eigenvalue weighted by atomic mass is 35.5. The van der Waals surface area contributed by atoms with Crippen molar-refractivity contribution in [1.29, 1.82) is 0 Å². The standard InChI is InChI=1S/C19H20ClN/c1-13-17-12-21(15-7-3-2-4-8-15)11-10-14-6-5-9-16(18(14)17)19(13)20/h2-4,6-8,10-11,13,16,19H,5,9,12H2,1H3. The molecule has 0 fully saturated rings. The van der Waals surface area contributed by atoms with Crippen LogP contribution in [0.5, 0.6) is 0 Å². The Hall–Kier alpha value is -1.47. The maximum atomic E-state index is 6.74. The molecule has 3 atom stereocenters. The van der Waals surface area contributed by atoms with Crippen LogP contribution in [0.3, 0.4) is 0 Å². The summed E-state index contributed by atoms with van der Waals surface area (Å²) >= 11 is 6.74. The van der Waals surface area contributed by atoms with Crippen LogP contribution in [0, 0.1) is 11.8 Å². The fourth-order valence-corrected chi connectivity index (χ4v) is 4.41. The Morgan fingerprint density at radius 3 is 2.81 bits per heavy atom. The summed E-state index contributed by atoms with van der Waals surface area (Å²) in [4.78, 5) is 2.35. The van der Waals surface area contributed by atoms with Crippen LogP contribution in [0.1, 0.15) is 19.8 Å². The van der Waals surface area contributed by atoms with Crippen molar-refractivity contribution in [3.63, 3.8) is 0 Å². The molecule has 108 valence electrons. The normalized spacial score (nSPS) is 31.0. The van der Waals surface area contributed by atoms with Gasteiger partial charge in [0.15, 0.2) is 0 Å². The molecule has 1 heterocycles. The first-order valence-corrected chi connectivity index (χ1v) is 8.27. The molecule has 1 aliphatic heterocycles. The van der Waals surface area contributed by atoms with E-state index in [-0.39, 0.29) is 5.38 Å². The second-order valence-corrected chi connectivity index (χ2v) is 6.80. The zero-order valence-corrected chi connectivity index (χ0v) is 13.1. The zero-order valence-electron chi connectivity index (χ0n) is 12.3. The van der Waals surface area contributed by atoms with E-state index in [4.69, 9.17) is 11.6 Å². The van der Waals surface area contributed by atoms with E-state index in [2.05, 4.69) is 60.5 Å². The first kappa shape index (κ1) is 13.2. The fourth-order valence-electron chi connectivity index (χ4n) is 4.00. The number of hydrogen-bond donors (Lipinski definition) is 0. The highest BCUT2D eigenvalue weighted by molar-refractivity contribution is 6.21. The van der Waals surface area contributed by atoms with E-state index < -0.39 is 0 Å². The number of rotatable bonds is 1. The maximum absolute atomic E-state index is 6.74. The number of para-hydroxylation sites is 1. The van der Waals surface area contributed by atoms with E-state index in [9.17, 15) is 0 Å². The van der Waals surface area contributed by atoms with Crippen LogP contribution in [-0.2, 0) is 0 Å². The quantitative estimate of drug-likeness (QED) is 0.666. The minimum atomic E-state index is 0.267. The van der Waals surface area contributed by atoms with Crippen LogP contribution < -0.4 is 4.90 Å². The Morgan fingerprint density at radius 2 is 2.00 bits per heavy atom. The lowest BCUT2D eigenvalue weighted by molar-refractivity contribution is 0.503. The molecule has 1 aromatic carbocycles. The van der Waals surface area contributed by atoms with E-state index in [0.717, 1.165) is 13.0 Å². The van der Waals surface area contributed by atoms with Crippen LogP contribution >= 0.6 is 11.6 Å². The first-order chi connectivity index (χ1) is 10.3. The lowest BCUT2D eigenvalue weighted by Gasteiger charge is -2.24. The van der Waals surface area contributed by atoms with Gasteiger partial charge in [-0.15, -0.1) is 11.6 Å². The highest BCUT2D eigenvalue weighted by Gasteiger charge is 2.41. The smallest absolute Gasteiger partial charge is 0.0468 e. The fraction of sp³-hybridized carbons (Fsp3) is 0.368. The highest BCUT2D eigenvalue weighted by Crippen LogP contribution is 2.49. The molecule has 2 aliphatic carbocycles. The Kier molecular flexibility index (Phi) is 3.19. The first-order valence-electron chi connectivity index (χ1n) is 7.83. The van der Waals surface area contributed by atoms with E-state index >= 15 is 0 Å². The molecule has 0 saturated carbocycles. The van der Waals surface area contributed by atoms with Crippen molar-refractivity contribution in [3.05, 3.63) is 65.4 Å². The molecule has 0 aromatic heterocycles. The van der Waals surface area contributed by atoms with Crippen molar-refractivity contribution in [3.8, 4) is 0 Å². The molecule has 0 bridgehead atoms. The monoisotopic (exact) mass is 297 g/mol. The molecular formula is C19H20ClN. The molecule has 3 aliphatic rings. The number of hydrogen-bond acceptors (Lipinski definition) is 1. The second kappa shape index (κ2) is 5.06. The molecule has 2 heteroatoms. The number of alkyl halides is 1. The number of anilines is 1. The molecule has 0 N–H and O–H groups in total. The summed E-state index contributed by atoms with van der Waals surface area (Å²) in [7, 11) is 0. The third kappa shape index (κ3) is 2.06. The Bertz CT molecular complexity index is 641. The number of benzene rings is 1. The number of allylic oxidation sites excluding steroid dienone is 4. The lowest BCUT2D eigenvalue weighted by Crippen LogP contribution is -2.23. The average Bonchev–Trinajstić information content (AvgIpc) is 2.69. The summed E-state index contributed by atoms with van der Waals surface area (Å²) in [5.41, 5.74) is 5.75. The topological polar surface area (TPSA) is 3.24 Å². The predicted octanol–water partition coefficient (Wildman–Crippen LogP) is 4.91. The van der Waals surface area contributed by atoms with Crippen molar-refractivity contribution in [1.82, 2.24) is 0 Å². The summed E-state index contributed by atoms with van der Waals surface area (Å²) in [5.74, 6) is 1.02. The van der Waals surface area contributed by atoms with E-state index in [1.807, 2.05) is 0 Å². The Labute approximate surface area is 131 Å². The molecule has 0 saturated heterocycles. The van der Waals surface area contributed by atoms with Crippen LogP contribution in [0.2, 0.25) is 0 Å². The molecule has 0 radical (unpaired) electrons. The van der Waals surface area contributed by atoms with Gasteiger partial charge in [-0.05, 0) is 53.7 Å². The third-order valence-corrected chi connectivity index (χ3v) is 5.83. The summed E-state index contributed by atoms with van der Waals surface area (Å²) in [6.45, 7) is 3.26. The van der Waals surface area contributed by atoms with Crippen LogP contribution in [0.25, 0.3) is 0 Å². The van der Waals surface area contributed by atoms with Gasteiger partial charge >= 0.3 is 0 Å². The summed E-state index contributed by atoms with van der Waals surface area (Å²) in [6.07, 6.45) is 9.27. The minimum Gasteiger partial charge on any atom is -0.344 e. The average molecular weight is 298 g/mol. The summed E-state index contributed by atoms with van der Waals surface area (Å²) < 4.78 is 0. The molecule has 3 unspecified atom stereocenters. The van der Waals surface area contributed by atoms with Gasteiger partial charge in [-0.2, -0.15) is 0 Å². The van der Waals surface area contributed by atoms with E-state index in [1.165, 1.54) is 17.7 Å². The van der Waals surface area contributed by atoms with Gasteiger partial charge in [0.05, 0.1) is 0 Å². The van der Waals surface area contributed by atoms with Crippen molar-refractivity contribution in [2.75, 3.05) is 11.4 Å². The summed E-state index contributed by atoms with van der Waals surface area (Å²) in [6, 6.07) is 10.6. The lowest BCUT2D eigenvalue weighted by atomic mass is 9.84. The van der Waals surface area contributed by atoms with Gasteiger partial charge in [0.25, 0.3) is 0 Å². The number of halogens is 1. The van der Waals surface area contributed by atoms with Gasteiger partial charge < -0.3 is 4.90 Å². The van der Waals surface area contributed by atoms with Crippen molar-refractivity contribution >= 4 is 17.3 Å². The molecule has 1 nitrogen and oxygen atoms in total. The molecule has 21 heavy (non-hydrogen) atoms. The number of nitrogens with zero attached hydrogens (tertiary/aromatic N) is 1. The third-order valence-electron chi connectivity index (χ3n) is 5.14. The predicted molar refractivity (Wildman–Crippen MR) is 89.6 cm³/mol. The van der Waals surface area contributed by atoms with Crippen LogP contribution in [-0.4, -0.2) is 11.9 Å². The summed E-state index contributed by atoms with van der Waals surface area (Å²) in [5, 5.41) is 0.267. The van der Waals surface area contributed by atoms with Crippen molar-refractivity contribution < 1.29 is 0 Å². The minimum absolute atomic E-state index is 0.267. The molecular weight excluding hydrogens is 278 g/mol. The Morgan fingerprint density at radius 1 is 1.19 bits per heavy atom. The van der Waals surface area contributed by atoms with E-state index in [1.54, 1.807) is 11.1 Å². The van der Waals surface area contributed by atoms with Gasteiger partial charge in [-0.3, -0.25) is 0 Å². The maximum Gasteiger partial charge on any atom is 0.0468 e. The van der Waals surface area contributed by atoms with Crippen LogP contribution in [0.4, 0.5) is 5.69 Å². The van der Waals surface area contributed by atoms with Gasteiger partial charge in [0, 0.05) is 29.7 Å². The molecule has 0 amide bonds. The van der Waals surface area contributed by atoms with Gasteiger partial charge in [0.1, 0.15) is 0 Å². The van der Waals surface area contributed by atoms with Crippen molar-refractivity contribution in [2.24, 2.45) is 11.8 Å². The van der Waals surface area contributed by atoms with Gasteiger partial charge in [0.2, 0.25) is 0 Å². The largest absolute Gasteiger partial charge is 0.344 e. The molecule has 0 spiro atoms. The molecule has 4 rings (SSSR count). The van der Waals surface area contributed by atoms with Gasteiger partial charge in [-0.25, -0.2) is 0 Å². The van der Waals surface area contributed by atoms with Crippen molar-refractivity contribution in [2.45, 2.75) is 25.1 Å². The second-order valence-electron chi connectivity index (χ2n) is 6.29. The van der Waals surface area contributed by atoms with Crippen LogP contribution in [0.15, 0.2) is 65.4 Å².